The molecule has 0 radical (unpaired) electrons. The van der Waals surface area contributed by atoms with Gasteiger partial charge in [0, 0.05) is 40.4 Å². The number of hydrogen-bond acceptors (Lipinski definition) is 5. The quantitative estimate of drug-likeness (QED) is 0.390. The number of rotatable bonds is 6. The molecule has 6 heteroatoms. The maximum absolute atomic E-state index is 11.2. The number of pyridine rings is 1. The van der Waals surface area contributed by atoms with Crippen LogP contribution in [0.5, 0.6) is 0 Å². The molecule has 3 aromatic carbocycles. The molecule has 1 heterocycles. The van der Waals surface area contributed by atoms with Crippen LogP contribution in [0.4, 0.5) is 11.4 Å². The van der Waals surface area contributed by atoms with E-state index in [1.165, 1.54) is 0 Å². The van der Waals surface area contributed by atoms with Crippen LogP contribution in [-0.4, -0.2) is 23.1 Å². The number of benzene rings is 3. The minimum Gasteiger partial charge on any atom is -0.478 e. The molecular formula is C25H19N3O2S. The molecule has 0 bridgehead atoms. The third-order valence-electron chi connectivity index (χ3n) is 5.07. The summed E-state index contributed by atoms with van der Waals surface area (Å²) in [5.41, 5.74) is 3.80. The van der Waals surface area contributed by atoms with E-state index in [4.69, 9.17) is 0 Å². The van der Waals surface area contributed by atoms with E-state index in [0.717, 1.165) is 32.6 Å². The smallest absolute Gasteiger partial charge is 0.335 e. The summed E-state index contributed by atoms with van der Waals surface area (Å²) in [7, 11) is 1.99. The van der Waals surface area contributed by atoms with Gasteiger partial charge in [-0.1, -0.05) is 36.4 Å². The van der Waals surface area contributed by atoms with Crippen molar-refractivity contribution in [2.45, 2.75) is 10.6 Å². The van der Waals surface area contributed by atoms with Crippen LogP contribution < -0.4 is 4.90 Å². The molecule has 0 aliphatic heterocycles. The van der Waals surface area contributed by atoms with E-state index >= 15 is 0 Å². The number of hydrogen-bond donors (Lipinski definition) is 1. The summed E-state index contributed by atoms with van der Waals surface area (Å²) in [5.74, 6) is -0.288. The summed E-state index contributed by atoms with van der Waals surface area (Å²) in [5, 5.41) is 20.6. The fourth-order valence-electron chi connectivity index (χ4n) is 3.51. The summed E-state index contributed by atoms with van der Waals surface area (Å²) >= 11 is 1.63. The number of carboxylic acid groups (broad SMARTS) is 1. The van der Waals surface area contributed by atoms with Gasteiger partial charge in [-0.3, -0.25) is 4.98 Å². The number of fused-ring (bicyclic) bond motifs is 1. The lowest BCUT2D eigenvalue weighted by atomic mass is 10.0. The second-order valence-corrected chi connectivity index (χ2v) is 8.00. The van der Waals surface area contributed by atoms with Crippen LogP contribution in [0.1, 0.15) is 21.5 Å². The number of carboxylic acids is 1. The molecule has 0 amide bonds. The molecule has 0 atom stereocenters. The molecule has 0 spiro atoms. The van der Waals surface area contributed by atoms with Crippen molar-refractivity contribution < 1.29 is 9.90 Å². The predicted molar refractivity (Wildman–Crippen MR) is 124 cm³/mol. The molecule has 5 nitrogen and oxygen atoms in total. The van der Waals surface area contributed by atoms with E-state index < -0.39 is 5.97 Å². The first-order chi connectivity index (χ1) is 15.1. The van der Waals surface area contributed by atoms with Gasteiger partial charge >= 0.3 is 5.97 Å². The van der Waals surface area contributed by atoms with Crippen LogP contribution in [0.15, 0.2) is 84.0 Å². The first-order valence-electron chi connectivity index (χ1n) is 9.63. The molecule has 0 saturated carbocycles. The zero-order valence-electron chi connectivity index (χ0n) is 16.8. The topological polar surface area (TPSA) is 77.2 Å². The average molecular weight is 426 g/mol. The summed E-state index contributed by atoms with van der Waals surface area (Å²) in [6.07, 6.45) is 3.58. The number of aromatic nitrogens is 1. The van der Waals surface area contributed by atoms with Gasteiger partial charge in [0.15, 0.2) is 0 Å². The molecule has 0 aliphatic rings. The SMILES string of the molecule is CN(c1cnccc1SCc1cccc(C(=O)O)c1)c1ccc(C#N)c2ccccc12. The zero-order chi connectivity index (χ0) is 21.8. The monoisotopic (exact) mass is 425 g/mol. The highest BCUT2D eigenvalue weighted by molar-refractivity contribution is 7.98. The van der Waals surface area contributed by atoms with E-state index in [1.807, 2.05) is 61.8 Å². The third-order valence-corrected chi connectivity index (χ3v) is 6.21. The number of nitrogens with zero attached hydrogens (tertiary/aromatic N) is 3. The highest BCUT2D eigenvalue weighted by Crippen LogP contribution is 2.38. The Balaban J connectivity index is 1.66. The number of carbonyl (C=O) groups is 1. The normalized spacial score (nSPS) is 10.6. The minimum absolute atomic E-state index is 0.286. The fraction of sp³-hybridized carbons (Fsp3) is 0.0800. The Labute approximate surface area is 184 Å². The number of anilines is 2. The lowest BCUT2D eigenvalue weighted by Crippen LogP contribution is -2.11. The standard InChI is InChI=1S/C25H19N3O2S/c1-28(22-10-9-19(14-26)20-7-2-3-8-21(20)22)23-15-27-12-11-24(23)31-16-17-5-4-6-18(13-17)25(29)30/h2-13,15H,16H2,1H3,(H,29,30). The van der Waals surface area contributed by atoms with Crippen LogP contribution in [0.3, 0.4) is 0 Å². The Morgan fingerprint density at radius 1 is 1.06 bits per heavy atom. The first kappa shape index (κ1) is 20.5. The van der Waals surface area contributed by atoms with Gasteiger partial charge in [-0.05, 0) is 35.9 Å². The highest BCUT2D eigenvalue weighted by Gasteiger charge is 2.14. The van der Waals surface area contributed by atoms with Crippen molar-refractivity contribution in [2.75, 3.05) is 11.9 Å². The van der Waals surface area contributed by atoms with E-state index in [2.05, 4.69) is 16.0 Å². The third kappa shape index (κ3) is 4.23. The van der Waals surface area contributed by atoms with Gasteiger partial charge < -0.3 is 10.0 Å². The Hall–Kier alpha value is -3.82. The van der Waals surface area contributed by atoms with E-state index in [0.29, 0.717) is 11.3 Å². The van der Waals surface area contributed by atoms with Crippen LogP contribution in [0, 0.1) is 11.3 Å². The molecule has 152 valence electrons. The Kier molecular flexibility index (Phi) is 5.87. The van der Waals surface area contributed by atoms with Crippen LogP contribution in [0.2, 0.25) is 0 Å². The lowest BCUT2D eigenvalue weighted by molar-refractivity contribution is 0.0696. The Morgan fingerprint density at radius 2 is 1.87 bits per heavy atom. The predicted octanol–water partition coefficient (Wildman–Crippen LogP) is 5.86. The van der Waals surface area contributed by atoms with Crippen molar-refractivity contribution in [3.8, 4) is 6.07 Å². The number of thioether (sulfide) groups is 1. The summed E-state index contributed by atoms with van der Waals surface area (Å²) in [6.45, 7) is 0. The van der Waals surface area contributed by atoms with Crippen molar-refractivity contribution in [1.82, 2.24) is 4.98 Å². The molecule has 1 N–H and O–H groups in total. The first-order valence-corrected chi connectivity index (χ1v) is 10.6. The van der Waals surface area contributed by atoms with Gasteiger partial charge in [-0.25, -0.2) is 4.79 Å². The zero-order valence-corrected chi connectivity index (χ0v) is 17.6. The molecule has 0 fully saturated rings. The maximum atomic E-state index is 11.2. The van der Waals surface area contributed by atoms with Crippen LogP contribution in [0.25, 0.3) is 10.8 Å². The molecule has 4 aromatic rings. The van der Waals surface area contributed by atoms with Crippen molar-refractivity contribution in [2.24, 2.45) is 0 Å². The summed E-state index contributed by atoms with van der Waals surface area (Å²) in [4.78, 5) is 18.7. The van der Waals surface area contributed by atoms with Gasteiger partial charge in [0.1, 0.15) is 0 Å². The number of nitriles is 1. The van der Waals surface area contributed by atoms with Gasteiger partial charge in [0.25, 0.3) is 0 Å². The maximum Gasteiger partial charge on any atom is 0.335 e. The Morgan fingerprint density at radius 3 is 2.65 bits per heavy atom. The largest absolute Gasteiger partial charge is 0.478 e. The highest BCUT2D eigenvalue weighted by atomic mass is 32.2. The van der Waals surface area contributed by atoms with Crippen molar-refractivity contribution in [3.05, 3.63) is 95.8 Å². The molecule has 1 aromatic heterocycles. The van der Waals surface area contributed by atoms with Crippen LogP contribution >= 0.6 is 11.8 Å². The minimum atomic E-state index is -0.927. The van der Waals surface area contributed by atoms with E-state index in [9.17, 15) is 15.2 Å². The summed E-state index contributed by atoms with van der Waals surface area (Å²) < 4.78 is 0. The van der Waals surface area contributed by atoms with E-state index in [-0.39, 0.29) is 5.56 Å². The Bertz CT molecular complexity index is 1310. The second kappa shape index (κ2) is 8.90. The van der Waals surface area contributed by atoms with Crippen molar-refractivity contribution >= 4 is 39.9 Å². The fourth-order valence-corrected chi connectivity index (χ4v) is 4.50. The summed E-state index contributed by atoms with van der Waals surface area (Å²) in [6, 6.07) is 22.9. The van der Waals surface area contributed by atoms with Crippen LogP contribution in [-0.2, 0) is 5.75 Å². The molecule has 0 saturated heterocycles. The van der Waals surface area contributed by atoms with Gasteiger partial charge in [0.05, 0.1) is 29.1 Å². The second-order valence-electron chi connectivity index (χ2n) is 6.99. The van der Waals surface area contributed by atoms with Gasteiger partial charge in [-0.15, -0.1) is 11.8 Å². The molecule has 0 aliphatic carbocycles. The van der Waals surface area contributed by atoms with E-state index in [1.54, 1.807) is 36.2 Å². The molecule has 4 rings (SSSR count). The lowest BCUT2D eigenvalue weighted by Gasteiger charge is -2.24. The molecule has 0 unspecified atom stereocenters. The van der Waals surface area contributed by atoms with Crippen molar-refractivity contribution in [3.63, 3.8) is 0 Å². The average Bonchev–Trinajstić information content (AvgIpc) is 2.82. The van der Waals surface area contributed by atoms with Crippen molar-refractivity contribution in [1.29, 1.82) is 5.26 Å². The molecular weight excluding hydrogens is 406 g/mol. The number of aromatic carboxylic acids is 1. The van der Waals surface area contributed by atoms with Gasteiger partial charge in [0.2, 0.25) is 0 Å². The van der Waals surface area contributed by atoms with Gasteiger partial charge in [-0.2, -0.15) is 5.26 Å². The molecule has 31 heavy (non-hydrogen) atoms.